The number of likely N-dealkylation sites (N-methyl/N-ethyl adjacent to an activating group) is 1. The summed E-state index contributed by atoms with van der Waals surface area (Å²) in [6, 6.07) is 6.93. The Balaban J connectivity index is 2.17. The minimum absolute atomic E-state index is 0.621. The lowest BCUT2D eigenvalue weighted by atomic mass is 10.1. The van der Waals surface area contributed by atoms with Crippen LogP contribution in [-0.2, 0) is 0 Å². The molecule has 0 bridgehead atoms. The minimum atomic E-state index is 0.621. The molecule has 1 aromatic rings. The van der Waals surface area contributed by atoms with Crippen LogP contribution in [0, 0.1) is 6.92 Å². The van der Waals surface area contributed by atoms with Crippen LogP contribution in [0.25, 0.3) is 0 Å². The summed E-state index contributed by atoms with van der Waals surface area (Å²) in [5.74, 6) is 0.968. The second kappa shape index (κ2) is 4.11. The molecule has 3 nitrogen and oxygen atoms in total. The molecule has 0 spiro atoms. The summed E-state index contributed by atoms with van der Waals surface area (Å²) in [4.78, 5) is 2.34. The predicted octanol–water partition coefficient (Wildman–Crippen LogP) is 1.41. The van der Waals surface area contributed by atoms with Gasteiger partial charge in [-0.3, -0.25) is 0 Å². The van der Waals surface area contributed by atoms with Crippen molar-refractivity contribution in [1.29, 1.82) is 0 Å². The molecule has 1 aliphatic heterocycles. The number of hydrogen-bond donors (Lipinski definition) is 1. The molecule has 0 aromatic heterocycles. The maximum absolute atomic E-state index is 5.36. The average molecular weight is 206 g/mol. The quantitative estimate of drug-likeness (QED) is 0.809. The first kappa shape index (κ1) is 10.3. The second-order valence-electron chi connectivity index (χ2n) is 4.07. The van der Waals surface area contributed by atoms with E-state index in [0.29, 0.717) is 6.04 Å². The lowest BCUT2D eigenvalue weighted by molar-refractivity contribution is 0.402. The Morgan fingerprint density at radius 3 is 2.73 bits per heavy atom. The summed E-state index contributed by atoms with van der Waals surface area (Å²) in [6.07, 6.45) is 0. The normalized spacial score (nSPS) is 16.3. The van der Waals surface area contributed by atoms with Crippen molar-refractivity contribution in [1.82, 2.24) is 5.32 Å². The van der Waals surface area contributed by atoms with E-state index in [0.717, 1.165) is 18.8 Å². The third-order valence-electron chi connectivity index (χ3n) is 2.96. The molecule has 0 atom stereocenters. The molecule has 2 rings (SSSR count). The number of hydrogen-bond acceptors (Lipinski definition) is 3. The van der Waals surface area contributed by atoms with Gasteiger partial charge < -0.3 is 15.0 Å². The van der Waals surface area contributed by atoms with E-state index in [1.54, 1.807) is 7.11 Å². The first-order valence-electron chi connectivity index (χ1n) is 5.31. The van der Waals surface area contributed by atoms with Crippen LogP contribution in [0.15, 0.2) is 18.2 Å². The lowest BCUT2D eigenvalue weighted by Crippen LogP contribution is -2.57. The number of nitrogens with one attached hydrogen (secondary N) is 1. The summed E-state index contributed by atoms with van der Waals surface area (Å²) < 4.78 is 5.36. The SMILES string of the molecule is CNC1CN(c2cc(C)ccc2OC)C1. The molecule has 0 saturated carbocycles. The number of aryl methyl sites for hydroxylation is 1. The fourth-order valence-corrected chi connectivity index (χ4v) is 1.90. The van der Waals surface area contributed by atoms with Crippen LogP contribution < -0.4 is 15.0 Å². The van der Waals surface area contributed by atoms with Gasteiger partial charge in [0.2, 0.25) is 0 Å². The minimum Gasteiger partial charge on any atom is -0.495 e. The number of rotatable bonds is 3. The van der Waals surface area contributed by atoms with E-state index in [2.05, 4.69) is 29.3 Å². The molecule has 1 fully saturated rings. The highest BCUT2D eigenvalue weighted by Gasteiger charge is 2.27. The summed E-state index contributed by atoms with van der Waals surface area (Å²) in [5.41, 5.74) is 2.49. The van der Waals surface area contributed by atoms with Gasteiger partial charge in [-0.1, -0.05) is 6.07 Å². The van der Waals surface area contributed by atoms with Gasteiger partial charge in [-0.2, -0.15) is 0 Å². The van der Waals surface area contributed by atoms with Crippen LogP contribution in [0.4, 0.5) is 5.69 Å². The Morgan fingerprint density at radius 1 is 1.40 bits per heavy atom. The molecule has 15 heavy (non-hydrogen) atoms. The van der Waals surface area contributed by atoms with E-state index in [9.17, 15) is 0 Å². The maximum atomic E-state index is 5.36. The highest BCUT2D eigenvalue weighted by molar-refractivity contribution is 5.61. The van der Waals surface area contributed by atoms with Crippen LogP contribution in [0.1, 0.15) is 5.56 Å². The van der Waals surface area contributed by atoms with Crippen molar-refractivity contribution in [2.24, 2.45) is 0 Å². The van der Waals surface area contributed by atoms with Crippen molar-refractivity contribution in [3.8, 4) is 5.75 Å². The van der Waals surface area contributed by atoms with Gasteiger partial charge in [0.05, 0.1) is 12.8 Å². The van der Waals surface area contributed by atoms with E-state index in [-0.39, 0.29) is 0 Å². The van der Waals surface area contributed by atoms with Crippen molar-refractivity contribution in [2.45, 2.75) is 13.0 Å². The van der Waals surface area contributed by atoms with Crippen molar-refractivity contribution in [3.05, 3.63) is 23.8 Å². The Kier molecular flexibility index (Phi) is 2.82. The van der Waals surface area contributed by atoms with Crippen molar-refractivity contribution in [3.63, 3.8) is 0 Å². The van der Waals surface area contributed by atoms with Gasteiger partial charge >= 0.3 is 0 Å². The highest BCUT2D eigenvalue weighted by atomic mass is 16.5. The zero-order valence-electron chi connectivity index (χ0n) is 9.58. The van der Waals surface area contributed by atoms with Crippen molar-refractivity contribution in [2.75, 3.05) is 32.1 Å². The zero-order valence-corrected chi connectivity index (χ0v) is 9.58. The van der Waals surface area contributed by atoms with Crippen LogP contribution in [0.2, 0.25) is 0 Å². The van der Waals surface area contributed by atoms with Gasteiger partial charge in [-0.05, 0) is 31.7 Å². The van der Waals surface area contributed by atoms with E-state index < -0.39 is 0 Å². The van der Waals surface area contributed by atoms with Crippen LogP contribution in [0.5, 0.6) is 5.75 Å². The first-order chi connectivity index (χ1) is 7.24. The Labute approximate surface area is 91.0 Å². The molecular formula is C12H18N2O. The van der Waals surface area contributed by atoms with E-state index in [1.807, 2.05) is 13.1 Å². The number of methoxy groups -OCH3 is 1. The standard InChI is InChI=1S/C12H18N2O/c1-9-4-5-12(15-3)11(6-9)14-7-10(8-14)13-2/h4-6,10,13H,7-8H2,1-3H3. The molecule has 82 valence electrons. The topological polar surface area (TPSA) is 24.5 Å². The average Bonchev–Trinajstić information content (AvgIpc) is 2.16. The molecule has 1 N–H and O–H groups in total. The zero-order chi connectivity index (χ0) is 10.8. The molecule has 0 aliphatic carbocycles. The maximum Gasteiger partial charge on any atom is 0.142 e. The first-order valence-corrected chi connectivity index (χ1v) is 5.31. The smallest absolute Gasteiger partial charge is 0.142 e. The van der Waals surface area contributed by atoms with Crippen LogP contribution >= 0.6 is 0 Å². The van der Waals surface area contributed by atoms with Crippen LogP contribution in [0.3, 0.4) is 0 Å². The summed E-state index contributed by atoms with van der Waals surface area (Å²) in [6.45, 7) is 4.24. The molecule has 1 aliphatic rings. The molecular weight excluding hydrogens is 188 g/mol. The molecule has 3 heteroatoms. The highest BCUT2D eigenvalue weighted by Crippen LogP contribution is 2.32. The van der Waals surface area contributed by atoms with E-state index in [1.165, 1.54) is 11.3 Å². The van der Waals surface area contributed by atoms with Gasteiger partial charge in [-0.15, -0.1) is 0 Å². The Hall–Kier alpha value is -1.22. The van der Waals surface area contributed by atoms with Gasteiger partial charge in [0.25, 0.3) is 0 Å². The van der Waals surface area contributed by atoms with Crippen LogP contribution in [-0.4, -0.2) is 33.3 Å². The van der Waals surface area contributed by atoms with Gasteiger partial charge in [0.1, 0.15) is 5.75 Å². The van der Waals surface area contributed by atoms with Gasteiger partial charge in [-0.25, -0.2) is 0 Å². The fraction of sp³-hybridized carbons (Fsp3) is 0.500. The number of nitrogens with zero attached hydrogens (tertiary/aromatic N) is 1. The summed E-state index contributed by atoms with van der Waals surface area (Å²) >= 11 is 0. The fourth-order valence-electron chi connectivity index (χ4n) is 1.90. The third-order valence-corrected chi connectivity index (χ3v) is 2.96. The molecule has 1 heterocycles. The number of anilines is 1. The van der Waals surface area contributed by atoms with Gasteiger partial charge in [0.15, 0.2) is 0 Å². The van der Waals surface area contributed by atoms with E-state index in [4.69, 9.17) is 4.74 Å². The molecule has 0 amide bonds. The van der Waals surface area contributed by atoms with Gasteiger partial charge in [0, 0.05) is 19.1 Å². The molecule has 1 aromatic carbocycles. The second-order valence-corrected chi connectivity index (χ2v) is 4.07. The summed E-state index contributed by atoms with van der Waals surface area (Å²) in [7, 11) is 3.74. The molecule has 0 unspecified atom stereocenters. The summed E-state index contributed by atoms with van der Waals surface area (Å²) in [5, 5.41) is 3.27. The third kappa shape index (κ3) is 1.92. The number of ether oxygens (including phenoxy) is 1. The largest absolute Gasteiger partial charge is 0.495 e. The molecule has 1 saturated heterocycles. The monoisotopic (exact) mass is 206 g/mol. The van der Waals surface area contributed by atoms with E-state index >= 15 is 0 Å². The predicted molar refractivity (Wildman–Crippen MR) is 62.8 cm³/mol. The molecule has 0 radical (unpaired) electrons. The van der Waals surface area contributed by atoms with Crippen molar-refractivity contribution < 1.29 is 4.74 Å². The van der Waals surface area contributed by atoms with Crippen molar-refractivity contribution >= 4 is 5.69 Å². The lowest BCUT2D eigenvalue weighted by Gasteiger charge is -2.41. The Morgan fingerprint density at radius 2 is 2.13 bits per heavy atom. The number of benzene rings is 1. The Bertz CT molecular complexity index is 345.